The Morgan fingerprint density at radius 2 is 2.12 bits per heavy atom. The average molecular weight is 370 g/mol. The molecule has 1 atom stereocenters. The SMILES string of the molecule is O=C(Nc1nncs1)C1CCN(C(=O)NCCC2CCSC2)CC1. The number of nitrogens with one attached hydrogen (secondary N) is 2. The van der Waals surface area contributed by atoms with E-state index < -0.39 is 0 Å². The number of aromatic nitrogens is 2. The highest BCUT2D eigenvalue weighted by Crippen LogP contribution is 2.25. The molecule has 0 aromatic carbocycles. The van der Waals surface area contributed by atoms with Crippen LogP contribution < -0.4 is 10.6 Å². The van der Waals surface area contributed by atoms with Crippen LogP contribution in [-0.2, 0) is 4.79 Å². The molecule has 0 bridgehead atoms. The van der Waals surface area contributed by atoms with Crippen molar-refractivity contribution in [2.24, 2.45) is 11.8 Å². The summed E-state index contributed by atoms with van der Waals surface area (Å²) in [5, 5.41) is 13.9. The van der Waals surface area contributed by atoms with Crippen LogP contribution in [0.25, 0.3) is 0 Å². The van der Waals surface area contributed by atoms with Crippen molar-refractivity contribution in [1.29, 1.82) is 0 Å². The van der Waals surface area contributed by atoms with Gasteiger partial charge in [0.15, 0.2) is 0 Å². The van der Waals surface area contributed by atoms with E-state index in [9.17, 15) is 9.59 Å². The summed E-state index contributed by atoms with van der Waals surface area (Å²) in [5.74, 6) is 3.15. The van der Waals surface area contributed by atoms with Gasteiger partial charge in [0.1, 0.15) is 5.51 Å². The van der Waals surface area contributed by atoms with Gasteiger partial charge in [0, 0.05) is 25.6 Å². The second-order valence-electron chi connectivity index (χ2n) is 6.24. The lowest BCUT2D eigenvalue weighted by molar-refractivity contribution is -0.121. The Hall–Kier alpha value is -1.35. The van der Waals surface area contributed by atoms with Gasteiger partial charge in [-0.1, -0.05) is 11.3 Å². The van der Waals surface area contributed by atoms with E-state index in [1.165, 1.54) is 29.3 Å². The van der Waals surface area contributed by atoms with Crippen LogP contribution in [0.5, 0.6) is 0 Å². The smallest absolute Gasteiger partial charge is 0.317 e. The first-order chi connectivity index (χ1) is 11.7. The van der Waals surface area contributed by atoms with Crippen LogP contribution in [0.15, 0.2) is 5.51 Å². The molecule has 0 radical (unpaired) electrons. The van der Waals surface area contributed by atoms with Crippen molar-refractivity contribution in [2.75, 3.05) is 36.5 Å². The molecule has 3 rings (SSSR count). The minimum Gasteiger partial charge on any atom is -0.338 e. The minimum atomic E-state index is -0.0616. The Morgan fingerprint density at radius 3 is 2.79 bits per heavy atom. The zero-order valence-electron chi connectivity index (χ0n) is 13.6. The monoisotopic (exact) mass is 369 g/mol. The van der Waals surface area contributed by atoms with Crippen LogP contribution in [0.4, 0.5) is 9.93 Å². The highest BCUT2D eigenvalue weighted by Gasteiger charge is 2.27. The lowest BCUT2D eigenvalue weighted by atomic mass is 9.96. The van der Waals surface area contributed by atoms with Gasteiger partial charge in [-0.25, -0.2) is 4.79 Å². The fraction of sp³-hybridized carbons (Fsp3) is 0.733. The molecule has 24 heavy (non-hydrogen) atoms. The molecule has 2 aliphatic heterocycles. The van der Waals surface area contributed by atoms with Gasteiger partial charge in [-0.3, -0.25) is 4.79 Å². The topological polar surface area (TPSA) is 87.2 Å². The number of amides is 3. The molecule has 3 heterocycles. The highest BCUT2D eigenvalue weighted by molar-refractivity contribution is 7.99. The van der Waals surface area contributed by atoms with Crippen molar-refractivity contribution in [1.82, 2.24) is 20.4 Å². The first-order valence-corrected chi connectivity index (χ1v) is 10.4. The van der Waals surface area contributed by atoms with E-state index >= 15 is 0 Å². The molecule has 9 heteroatoms. The maximum atomic E-state index is 12.2. The largest absolute Gasteiger partial charge is 0.338 e. The van der Waals surface area contributed by atoms with Gasteiger partial charge >= 0.3 is 6.03 Å². The van der Waals surface area contributed by atoms with Crippen LogP contribution in [0.3, 0.4) is 0 Å². The summed E-state index contributed by atoms with van der Waals surface area (Å²) in [6, 6.07) is 0.00336. The maximum Gasteiger partial charge on any atom is 0.317 e. The van der Waals surface area contributed by atoms with Crippen LogP contribution in [0.1, 0.15) is 25.7 Å². The highest BCUT2D eigenvalue weighted by atomic mass is 32.2. The van der Waals surface area contributed by atoms with E-state index in [0.717, 1.165) is 18.9 Å². The van der Waals surface area contributed by atoms with Crippen molar-refractivity contribution in [2.45, 2.75) is 25.7 Å². The number of piperidine rings is 1. The summed E-state index contributed by atoms with van der Waals surface area (Å²) >= 11 is 3.31. The number of urea groups is 1. The summed E-state index contributed by atoms with van der Waals surface area (Å²) in [6.07, 6.45) is 3.73. The maximum absolute atomic E-state index is 12.2. The van der Waals surface area contributed by atoms with Crippen LogP contribution >= 0.6 is 23.1 Å². The summed E-state index contributed by atoms with van der Waals surface area (Å²) in [4.78, 5) is 26.2. The van der Waals surface area contributed by atoms with Gasteiger partial charge in [-0.2, -0.15) is 11.8 Å². The normalized spacial score (nSPS) is 21.7. The molecule has 2 saturated heterocycles. The molecule has 132 valence electrons. The molecular weight excluding hydrogens is 346 g/mol. The summed E-state index contributed by atoms with van der Waals surface area (Å²) < 4.78 is 0. The number of carbonyl (C=O) groups is 2. The van der Waals surface area contributed by atoms with Crippen molar-refractivity contribution in [3.05, 3.63) is 5.51 Å². The van der Waals surface area contributed by atoms with Gasteiger partial charge in [-0.15, -0.1) is 10.2 Å². The molecule has 1 unspecified atom stereocenters. The van der Waals surface area contributed by atoms with Crippen LogP contribution in [-0.4, -0.2) is 58.2 Å². The van der Waals surface area contributed by atoms with Gasteiger partial charge in [0.05, 0.1) is 0 Å². The fourth-order valence-corrected chi connectivity index (χ4v) is 4.87. The molecule has 2 aliphatic rings. The third-order valence-corrected chi connectivity index (χ3v) is 6.43. The molecule has 1 aromatic rings. The van der Waals surface area contributed by atoms with Gasteiger partial charge in [0.2, 0.25) is 11.0 Å². The predicted molar refractivity (Wildman–Crippen MR) is 96.3 cm³/mol. The molecule has 3 amide bonds. The predicted octanol–water partition coefficient (Wildman–Crippen LogP) is 2.04. The van der Waals surface area contributed by atoms with E-state index in [-0.39, 0.29) is 17.9 Å². The van der Waals surface area contributed by atoms with Crippen LogP contribution in [0, 0.1) is 11.8 Å². The number of nitrogens with zero attached hydrogens (tertiary/aromatic N) is 3. The molecule has 7 nitrogen and oxygen atoms in total. The zero-order valence-corrected chi connectivity index (χ0v) is 15.2. The zero-order chi connectivity index (χ0) is 16.8. The van der Waals surface area contributed by atoms with E-state index in [2.05, 4.69) is 20.8 Å². The van der Waals surface area contributed by atoms with Crippen molar-refractivity contribution < 1.29 is 9.59 Å². The van der Waals surface area contributed by atoms with E-state index in [0.29, 0.717) is 31.1 Å². The summed E-state index contributed by atoms with van der Waals surface area (Å²) in [5.41, 5.74) is 1.59. The Labute approximate surface area is 150 Å². The van der Waals surface area contributed by atoms with Gasteiger partial charge in [-0.05, 0) is 43.1 Å². The average Bonchev–Trinajstić information content (AvgIpc) is 3.29. The third kappa shape index (κ3) is 4.83. The Kier molecular flexibility index (Phi) is 6.30. The number of hydrogen-bond acceptors (Lipinski definition) is 6. The Balaban J connectivity index is 1.34. The molecule has 0 saturated carbocycles. The van der Waals surface area contributed by atoms with Crippen LogP contribution in [0.2, 0.25) is 0 Å². The summed E-state index contributed by atoms with van der Waals surface area (Å²) in [6.45, 7) is 2.00. The first kappa shape index (κ1) is 17.5. The van der Waals surface area contributed by atoms with E-state index in [1.807, 2.05) is 16.7 Å². The lowest BCUT2D eigenvalue weighted by Gasteiger charge is -2.31. The second-order valence-corrected chi connectivity index (χ2v) is 8.23. The standard InChI is InChI=1S/C15H23N5O2S2/c21-13(18-14-19-17-10-24-14)12-2-6-20(7-3-12)15(22)16-5-1-11-4-8-23-9-11/h10-12H,1-9H2,(H,16,22)(H,18,19,21). The van der Waals surface area contributed by atoms with Gasteiger partial charge in [0.25, 0.3) is 0 Å². The summed E-state index contributed by atoms with van der Waals surface area (Å²) in [7, 11) is 0. The lowest BCUT2D eigenvalue weighted by Crippen LogP contribution is -2.46. The number of carbonyl (C=O) groups excluding carboxylic acids is 2. The molecule has 0 spiro atoms. The number of anilines is 1. The van der Waals surface area contributed by atoms with Gasteiger partial charge < -0.3 is 15.5 Å². The number of hydrogen-bond donors (Lipinski definition) is 2. The quantitative estimate of drug-likeness (QED) is 0.829. The molecule has 0 aliphatic carbocycles. The molecular formula is C15H23N5O2S2. The Morgan fingerprint density at radius 1 is 1.29 bits per heavy atom. The first-order valence-electron chi connectivity index (χ1n) is 8.40. The Bertz CT molecular complexity index is 540. The third-order valence-electron chi connectivity index (χ3n) is 4.60. The number of thioether (sulfide) groups is 1. The van der Waals surface area contributed by atoms with E-state index in [4.69, 9.17) is 0 Å². The molecule has 2 N–H and O–H groups in total. The van der Waals surface area contributed by atoms with Crippen molar-refractivity contribution in [3.63, 3.8) is 0 Å². The van der Waals surface area contributed by atoms with Crippen molar-refractivity contribution >= 4 is 40.2 Å². The van der Waals surface area contributed by atoms with E-state index in [1.54, 1.807) is 5.51 Å². The molecule has 1 aromatic heterocycles. The number of likely N-dealkylation sites (tertiary alicyclic amines) is 1. The second kappa shape index (κ2) is 8.66. The van der Waals surface area contributed by atoms with Crippen molar-refractivity contribution in [3.8, 4) is 0 Å². The minimum absolute atomic E-state index is 0.00336. The molecule has 2 fully saturated rings. The number of rotatable bonds is 5. The fourth-order valence-electron chi connectivity index (χ4n) is 3.09.